The molecule has 0 atom stereocenters. The SMILES string of the molecule is O=C1CCCN(c2ccc(NC(=O)C3(NC(=O)c4cc5ccccc5o4)CCCCC3)cc2-c2nnn[nH]2)C1. The minimum absolute atomic E-state index is 0.175. The first-order chi connectivity index (χ1) is 19.0. The van der Waals surface area contributed by atoms with Crippen LogP contribution in [0.15, 0.2) is 52.9 Å². The number of ketones is 1. The molecule has 2 aromatic heterocycles. The molecule has 1 saturated heterocycles. The van der Waals surface area contributed by atoms with E-state index in [9.17, 15) is 14.4 Å². The third-order valence-electron chi connectivity index (χ3n) is 7.59. The number of nitrogens with zero attached hydrogens (tertiary/aromatic N) is 4. The van der Waals surface area contributed by atoms with Crippen molar-refractivity contribution in [3.8, 4) is 11.4 Å². The van der Waals surface area contributed by atoms with Crippen molar-refractivity contribution in [3.63, 3.8) is 0 Å². The Bertz CT molecular complexity index is 1490. The van der Waals surface area contributed by atoms with Crippen molar-refractivity contribution in [2.24, 2.45) is 0 Å². The van der Waals surface area contributed by atoms with Crippen molar-refractivity contribution >= 4 is 39.9 Å². The molecule has 0 unspecified atom stereocenters. The van der Waals surface area contributed by atoms with Crippen LogP contribution >= 0.6 is 0 Å². The van der Waals surface area contributed by atoms with Crippen LogP contribution in [0.3, 0.4) is 0 Å². The number of anilines is 2. The highest BCUT2D eigenvalue weighted by molar-refractivity contribution is 6.04. The lowest BCUT2D eigenvalue weighted by Gasteiger charge is -2.36. The molecule has 3 heterocycles. The van der Waals surface area contributed by atoms with Crippen LogP contribution in [0, 0.1) is 0 Å². The number of tetrazole rings is 1. The zero-order valence-corrected chi connectivity index (χ0v) is 21.4. The molecule has 11 heteroatoms. The number of furan rings is 1. The maximum absolute atomic E-state index is 13.8. The molecule has 200 valence electrons. The van der Waals surface area contributed by atoms with E-state index in [4.69, 9.17) is 4.42 Å². The van der Waals surface area contributed by atoms with E-state index in [2.05, 4.69) is 31.3 Å². The summed E-state index contributed by atoms with van der Waals surface area (Å²) in [5, 5.41) is 21.1. The number of rotatable bonds is 6. The van der Waals surface area contributed by atoms with Gasteiger partial charge in [-0.15, -0.1) is 5.10 Å². The second-order valence-electron chi connectivity index (χ2n) is 10.2. The first kappa shape index (κ1) is 24.8. The summed E-state index contributed by atoms with van der Waals surface area (Å²) in [5.41, 5.74) is 1.58. The maximum Gasteiger partial charge on any atom is 0.287 e. The van der Waals surface area contributed by atoms with Crippen molar-refractivity contribution < 1.29 is 18.8 Å². The summed E-state index contributed by atoms with van der Waals surface area (Å²) in [6.45, 7) is 1.06. The minimum atomic E-state index is -1.07. The molecule has 3 N–H and O–H groups in total. The van der Waals surface area contributed by atoms with Gasteiger partial charge in [-0.3, -0.25) is 14.4 Å². The average molecular weight is 528 g/mol. The van der Waals surface area contributed by atoms with E-state index in [-0.39, 0.29) is 17.5 Å². The molecular formula is C28H29N7O4. The fraction of sp³-hybridized carbons (Fsp3) is 0.357. The zero-order chi connectivity index (χ0) is 26.8. The third kappa shape index (κ3) is 4.99. The number of aromatic amines is 1. The number of H-pyrrole nitrogens is 1. The van der Waals surface area contributed by atoms with Crippen LogP contribution in [0.2, 0.25) is 0 Å². The van der Waals surface area contributed by atoms with Gasteiger partial charge in [0.15, 0.2) is 17.4 Å². The van der Waals surface area contributed by atoms with Gasteiger partial charge in [0.05, 0.1) is 6.54 Å². The fourth-order valence-corrected chi connectivity index (χ4v) is 5.58. The Kier molecular flexibility index (Phi) is 6.55. The third-order valence-corrected chi connectivity index (χ3v) is 7.59. The fourth-order valence-electron chi connectivity index (χ4n) is 5.58. The van der Waals surface area contributed by atoms with Gasteiger partial charge in [-0.05, 0) is 60.0 Å². The number of nitrogens with one attached hydrogen (secondary N) is 3. The van der Waals surface area contributed by atoms with Gasteiger partial charge in [-0.25, -0.2) is 5.10 Å². The molecule has 2 aliphatic rings. The van der Waals surface area contributed by atoms with Gasteiger partial charge in [0.2, 0.25) is 5.91 Å². The number of piperidine rings is 1. The first-order valence-corrected chi connectivity index (χ1v) is 13.3. The summed E-state index contributed by atoms with van der Waals surface area (Å²) in [4.78, 5) is 41.2. The van der Waals surface area contributed by atoms with E-state index in [1.165, 1.54) is 0 Å². The molecule has 2 fully saturated rings. The summed E-state index contributed by atoms with van der Waals surface area (Å²) in [6, 6.07) is 14.6. The molecule has 0 bridgehead atoms. The predicted octanol–water partition coefficient (Wildman–Crippen LogP) is 3.85. The van der Waals surface area contributed by atoms with Crippen LogP contribution in [0.4, 0.5) is 11.4 Å². The second kappa shape index (κ2) is 10.3. The Morgan fingerprint density at radius 2 is 1.87 bits per heavy atom. The molecule has 4 aromatic rings. The maximum atomic E-state index is 13.8. The topological polar surface area (TPSA) is 146 Å². The van der Waals surface area contributed by atoms with Crippen molar-refractivity contribution in [2.45, 2.75) is 50.5 Å². The number of carbonyl (C=O) groups excluding carboxylic acids is 3. The number of para-hydroxylation sites is 1. The molecule has 6 rings (SSSR count). The summed E-state index contributed by atoms with van der Waals surface area (Å²) in [7, 11) is 0. The molecule has 0 spiro atoms. The number of hydrogen-bond acceptors (Lipinski definition) is 8. The molecule has 1 aliphatic carbocycles. The summed E-state index contributed by atoms with van der Waals surface area (Å²) >= 11 is 0. The lowest BCUT2D eigenvalue weighted by atomic mass is 9.80. The number of benzene rings is 2. The van der Waals surface area contributed by atoms with E-state index in [1.54, 1.807) is 24.3 Å². The Balaban J connectivity index is 1.27. The standard InChI is InChI=1S/C28H29N7O4/c36-20-8-6-14-35(17-20)22-11-10-19(16-21(22)25-31-33-34-32-25)29-27(38)28(12-4-1-5-13-28)30-26(37)24-15-18-7-2-3-9-23(18)39-24/h2-3,7,9-11,15-16H,1,4-6,8,12-14,17H2,(H,29,38)(H,30,37)(H,31,32,33,34). The van der Waals surface area contributed by atoms with Crippen molar-refractivity contribution in [2.75, 3.05) is 23.3 Å². The van der Waals surface area contributed by atoms with E-state index < -0.39 is 11.4 Å². The number of hydrogen-bond donors (Lipinski definition) is 3. The Labute approximate surface area is 224 Å². The van der Waals surface area contributed by atoms with Crippen LogP contribution < -0.4 is 15.5 Å². The smallest absolute Gasteiger partial charge is 0.287 e. The van der Waals surface area contributed by atoms with Gasteiger partial charge in [0.25, 0.3) is 5.91 Å². The van der Waals surface area contributed by atoms with Gasteiger partial charge < -0.3 is 20.0 Å². The van der Waals surface area contributed by atoms with Crippen molar-refractivity contribution in [3.05, 3.63) is 54.3 Å². The monoisotopic (exact) mass is 527 g/mol. The minimum Gasteiger partial charge on any atom is -0.451 e. The number of fused-ring (bicyclic) bond motifs is 1. The van der Waals surface area contributed by atoms with Gasteiger partial charge >= 0.3 is 0 Å². The molecule has 1 saturated carbocycles. The molecule has 0 radical (unpaired) electrons. The lowest BCUT2D eigenvalue weighted by Crippen LogP contribution is -2.57. The number of aromatic nitrogens is 4. The van der Waals surface area contributed by atoms with Crippen LogP contribution in [0.1, 0.15) is 55.5 Å². The Hall–Kier alpha value is -4.54. The van der Waals surface area contributed by atoms with E-state index in [0.717, 1.165) is 43.3 Å². The van der Waals surface area contributed by atoms with Gasteiger partial charge in [0, 0.05) is 35.3 Å². The van der Waals surface area contributed by atoms with Crippen LogP contribution in [0.25, 0.3) is 22.4 Å². The van der Waals surface area contributed by atoms with Crippen LogP contribution in [0.5, 0.6) is 0 Å². The Morgan fingerprint density at radius 3 is 2.64 bits per heavy atom. The summed E-state index contributed by atoms with van der Waals surface area (Å²) < 4.78 is 5.76. The molecule has 2 amide bonds. The highest BCUT2D eigenvalue weighted by atomic mass is 16.3. The first-order valence-electron chi connectivity index (χ1n) is 13.3. The number of carbonyl (C=O) groups is 3. The number of amides is 2. The van der Waals surface area contributed by atoms with E-state index in [1.807, 2.05) is 29.2 Å². The van der Waals surface area contributed by atoms with E-state index in [0.29, 0.717) is 48.5 Å². The largest absolute Gasteiger partial charge is 0.451 e. The highest BCUT2D eigenvalue weighted by Gasteiger charge is 2.41. The molecule has 1 aliphatic heterocycles. The summed E-state index contributed by atoms with van der Waals surface area (Å²) in [5.74, 6) is 0.0925. The predicted molar refractivity (Wildman–Crippen MR) is 144 cm³/mol. The van der Waals surface area contributed by atoms with Gasteiger partial charge in [-0.1, -0.05) is 37.5 Å². The van der Waals surface area contributed by atoms with Crippen molar-refractivity contribution in [1.82, 2.24) is 25.9 Å². The zero-order valence-electron chi connectivity index (χ0n) is 21.4. The van der Waals surface area contributed by atoms with Gasteiger partial charge in [-0.2, -0.15) is 0 Å². The van der Waals surface area contributed by atoms with E-state index >= 15 is 0 Å². The molecule has 39 heavy (non-hydrogen) atoms. The normalized spacial score (nSPS) is 17.2. The van der Waals surface area contributed by atoms with Crippen molar-refractivity contribution in [1.29, 1.82) is 0 Å². The molecule has 11 nitrogen and oxygen atoms in total. The van der Waals surface area contributed by atoms with Crippen LogP contribution in [-0.4, -0.2) is 56.9 Å². The quantitative estimate of drug-likeness (QED) is 0.343. The van der Waals surface area contributed by atoms with Gasteiger partial charge in [0.1, 0.15) is 11.1 Å². The number of Topliss-reactive ketones (excluding diaryl/α,β-unsaturated/α-hetero) is 1. The Morgan fingerprint density at radius 1 is 1.03 bits per heavy atom. The molecular weight excluding hydrogens is 498 g/mol. The average Bonchev–Trinajstić information content (AvgIpc) is 3.64. The second-order valence-corrected chi connectivity index (χ2v) is 10.2. The summed E-state index contributed by atoms with van der Waals surface area (Å²) in [6.07, 6.45) is 5.05. The molecule has 2 aromatic carbocycles. The highest BCUT2D eigenvalue weighted by Crippen LogP contribution is 2.34. The lowest BCUT2D eigenvalue weighted by molar-refractivity contribution is -0.123. The van der Waals surface area contributed by atoms with Crippen LogP contribution in [-0.2, 0) is 9.59 Å².